The third-order valence-electron chi connectivity index (χ3n) is 4.02. The Bertz CT molecular complexity index is 484. The van der Waals surface area contributed by atoms with Crippen LogP contribution in [0.1, 0.15) is 18.9 Å². The Hall–Kier alpha value is -1.46. The normalized spacial score (nSPS) is 17.5. The van der Waals surface area contributed by atoms with E-state index in [0.29, 0.717) is 11.4 Å². The lowest BCUT2D eigenvalue weighted by atomic mass is 10.1. The van der Waals surface area contributed by atoms with Crippen molar-refractivity contribution >= 4 is 23.1 Å². The van der Waals surface area contributed by atoms with Crippen molar-refractivity contribution in [2.45, 2.75) is 25.8 Å². The SMILES string of the molecule is CCC(C(N)=S)N1CCN(C(=O)Cc2ccccc2)CC1. The van der Waals surface area contributed by atoms with Crippen LogP contribution in [0, 0.1) is 0 Å². The van der Waals surface area contributed by atoms with Gasteiger partial charge in [-0.3, -0.25) is 9.69 Å². The Labute approximate surface area is 131 Å². The smallest absolute Gasteiger partial charge is 0.227 e. The van der Waals surface area contributed by atoms with E-state index in [-0.39, 0.29) is 11.9 Å². The molecule has 21 heavy (non-hydrogen) atoms. The molecule has 1 saturated heterocycles. The molecule has 1 aliphatic rings. The fraction of sp³-hybridized carbons (Fsp3) is 0.500. The number of hydrogen-bond donors (Lipinski definition) is 1. The molecule has 0 spiro atoms. The lowest BCUT2D eigenvalue weighted by molar-refractivity contribution is -0.132. The zero-order chi connectivity index (χ0) is 15.2. The van der Waals surface area contributed by atoms with Crippen molar-refractivity contribution < 1.29 is 4.79 Å². The van der Waals surface area contributed by atoms with Crippen LogP contribution in [0.15, 0.2) is 30.3 Å². The fourth-order valence-electron chi connectivity index (χ4n) is 2.80. The maximum absolute atomic E-state index is 12.3. The summed E-state index contributed by atoms with van der Waals surface area (Å²) in [7, 11) is 0. The van der Waals surface area contributed by atoms with Crippen molar-refractivity contribution in [1.29, 1.82) is 0 Å². The number of nitrogens with zero attached hydrogens (tertiary/aromatic N) is 2. The summed E-state index contributed by atoms with van der Waals surface area (Å²) in [5.74, 6) is 0.198. The first kappa shape index (κ1) is 15.9. The van der Waals surface area contributed by atoms with Crippen LogP contribution in [0.3, 0.4) is 0 Å². The highest BCUT2D eigenvalue weighted by Crippen LogP contribution is 2.11. The minimum Gasteiger partial charge on any atom is -0.392 e. The Morgan fingerprint density at radius 3 is 2.38 bits per heavy atom. The molecule has 0 aliphatic carbocycles. The van der Waals surface area contributed by atoms with Gasteiger partial charge >= 0.3 is 0 Å². The van der Waals surface area contributed by atoms with Crippen molar-refractivity contribution in [3.63, 3.8) is 0 Å². The number of carbonyl (C=O) groups is 1. The van der Waals surface area contributed by atoms with E-state index >= 15 is 0 Å². The molecule has 2 N–H and O–H groups in total. The molecule has 1 unspecified atom stereocenters. The Balaban J connectivity index is 1.86. The van der Waals surface area contributed by atoms with E-state index in [1.807, 2.05) is 35.2 Å². The van der Waals surface area contributed by atoms with Crippen molar-refractivity contribution in [2.75, 3.05) is 26.2 Å². The minimum absolute atomic E-state index is 0.159. The number of nitrogens with two attached hydrogens (primary N) is 1. The van der Waals surface area contributed by atoms with Crippen molar-refractivity contribution in [2.24, 2.45) is 5.73 Å². The second-order valence-corrected chi connectivity index (χ2v) is 5.88. The van der Waals surface area contributed by atoms with E-state index in [1.54, 1.807) is 0 Å². The van der Waals surface area contributed by atoms with Crippen molar-refractivity contribution in [3.8, 4) is 0 Å². The first-order valence-electron chi connectivity index (χ1n) is 7.47. The van der Waals surface area contributed by atoms with E-state index in [2.05, 4.69) is 11.8 Å². The van der Waals surface area contributed by atoms with Crippen LogP contribution >= 0.6 is 12.2 Å². The van der Waals surface area contributed by atoms with E-state index in [4.69, 9.17) is 18.0 Å². The first-order chi connectivity index (χ1) is 10.1. The van der Waals surface area contributed by atoms with Gasteiger partial charge in [-0.05, 0) is 12.0 Å². The third kappa shape index (κ3) is 4.25. The summed E-state index contributed by atoms with van der Waals surface area (Å²) < 4.78 is 0. The second-order valence-electron chi connectivity index (χ2n) is 5.41. The monoisotopic (exact) mass is 305 g/mol. The Kier molecular flexibility index (Phi) is 5.70. The van der Waals surface area contributed by atoms with Crippen LogP contribution in [0.5, 0.6) is 0 Å². The van der Waals surface area contributed by atoms with E-state index < -0.39 is 0 Å². The molecule has 0 bridgehead atoms. The van der Waals surface area contributed by atoms with Gasteiger partial charge in [0.1, 0.15) is 0 Å². The summed E-state index contributed by atoms with van der Waals surface area (Å²) in [6, 6.07) is 10.0. The molecule has 0 aromatic heterocycles. The minimum atomic E-state index is 0.159. The van der Waals surface area contributed by atoms with Gasteiger partial charge in [-0.15, -0.1) is 0 Å². The largest absolute Gasteiger partial charge is 0.392 e. The summed E-state index contributed by atoms with van der Waals surface area (Å²) in [6.07, 6.45) is 1.40. The average Bonchev–Trinajstić information content (AvgIpc) is 2.49. The number of benzene rings is 1. The lowest BCUT2D eigenvalue weighted by Crippen LogP contribution is -2.54. The van der Waals surface area contributed by atoms with Crippen LogP contribution < -0.4 is 5.73 Å². The highest BCUT2D eigenvalue weighted by Gasteiger charge is 2.26. The first-order valence-corrected chi connectivity index (χ1v) is 7.87. The van der Waals surface area contributed by atoms with E-state index in [0.717, 1.165) is 38.2 Å². The number of carbonyl (C=O) groups excluding carboxylic acids is 1. The lowest BCUT2D eigenvalue weighted by Gasteiger charge is -2.38. The summed E-state index contributed by atoms with van der Waals surface area (Å²) in [6.45, 7) is 5.29. The molecular formula is C16H23N3OS. The molecule has 1 amide bonds. The molecular weight excluding hydrogens is 282 g/mol. The van der Waals surface area contributed by atoms with Crippen LogP contribution in [0.25, 0.3) is 0 Å². The summed E-state index contributed by atoms with van der Waals surface area (Å²) in [5.41, 5.74) is 6.85. The molecule has 1 aliphatic heterocycles. The number of hydrogen-bond acceptors (Lipinski definition) is 3. The molecule has 0 saturated carbocycles. The topological polar surface area (TPSA) is 49.6 Å². The fourth-order valence-corrected chi connectivity index (χ4v) is 3.12. The van der Waals surface area contributed by atoms with Gasteiger partial charge in [-0.2, -0.15) is 0 Å². The number of thiocarbonyl (C=S) groups is 1. The maximum atomic E-state index is 12.3. The second kappa shape index (κ2) is 7.52. The molecule has 2 rings (SSSR count). The van der Waals surface area contributed by atoms with Crippen LogP contribution in [-0.2, 0) is 11.2 Å². The predicted molar refractivity (Wildman–Crippen MR) is 89.2 cm³/mol. The number of amides is 1. The summed E-state index contributed by atoms with van der Waals surface area (Å²) >= 11 is 5.12. The van der Waals surface area contributed by atoms with Gasteiger partial charge < -0.3 is 10.6 Å². The number of piperazine rings is 1. The molecule has 114 valence electrons. The van der Waals surface area contributed by atoms with Crippen LogP contribution in [0.4, 0.5) is 0 Å². The standard InChI is InChI=1S/C16H23N3OS/c1-2-14(16(17)21)18-8-10-19(11-9-18)15(20)12-13-6-4-3-5-7-13/h3-7,14H,2,8-12H2,1H3,(H2,17,21). The van der Waals surface area contributed by atoms with Gasteiger partial charge in [-0.1, -0.05) is 49.5 Å². The van der Waals surface area contributed by atoms with Gasteiger partial charge in [0.2, 0.25) is 5.91 Å². The molecule has 1 fully saturated rings. The van der Waals surface area contributed by atoms with Crippen LogP contribution in [-0.4, -0.2) is 52.9 Å². The average molecular weight is 305 g/mol. The van der Waals surface area contributed by atoms with Crippen molar-refractivity contribution in [1.82, 2.24) is 9.80 Å². The summed E-state index contributed by atoms with van der Waals surface area (Å²) in [4.78, 5) is 17.1. The summed E-state index contributed by atoms with van der Waals surface area (Å²) in [5, 5.41) is 0. The Morgan fingerprint density at radius 2 is 1.86 bits per heavy atom. The quantitative estimate of drug-likeness (QED) is 0.836. The molecule has 0 radical (unpaired) electrons. The van der Waals surface area contributed by atoms with Gasteiger partial charge in [-0.25, -0.2) is 0 Å². The molecule has 1 aromatic carbocycles. The Morgan fingerprint density at radius 1 is 1.24 bits per heavy atom. The van der Waals surface area contributed by atoms with Gasteiger partial charge in [0.15, 0.2) is 0 Å². The third-order valence-corrected chi connectivity index (χ3v) is 4.29. The zero-order valence-electron chi connectivity index (χ0n) is 12.5. The van der Waals surface area contributed by atoms with Crippen molar-refractivity contribution in [3.05, 3.63) is 35.9 Å². The van der Waals surface area contributed by atoms with Gasteiger partial charge in [0.05, 0.1) is 17.5 Å². The molecule has 1 aromatic rings. The van der Waals surface area contributed by atoms with Gasteiger partial charge in [0, 0.05) is 26.2 Å². The highest BCUT2D eigenvalue weighted by atomic mass is 32.1. The molecule has 1 atom stereocenters. The highest BCUT2D eigenvalue weighted by molar-refractivity contribution is 7.80. The predicted octanol–water partition coefficient (Wildman–Crippen LogP) is 1.44. The van der Waals surface area contributed by atoms with E-state index in [1.165, 1.54) is 0 Å². The zero-order valence-corrected chi connectivity index (χ0v) is 13.3. The number of rotatable bonds is 5. The van der Waals surface area contributed by atoms with Gasteiger partial charge in [0.25, 0.3) is 0 Å². The maximum Gasteiger partial charge on any atom is 0.227 e. The van der Waals surface area contributed by atoms with E-state index in [9.17, 15) is 4.79 Å². The van der Waals surface area contributed by atoms with Crippen LogP contribution in [0.2, 0.25) is 0 Å². The molecule has 4 nitrogen and oxygen atoms in total. The molecule has 1 heterocycles. The molecule has 5 heteroatoms.